The van der Waals surface area contributed by atoms with Crippen LogP contribution in [-0.2, 0) is 0 Å². The third-order valence-corrected chi connectivity index (χ3v) is 4.40. The van der Waals surface area contributed by atoms with Crippen molar-refractivity contribution in [2.24, 2.45) is 0 Å². The van der Waals surface area contributed by atoms with Crippen LogP contribution in [-0.4, -0.2) is 20.9 Å². The van der Waals surface area contributed by atoms with Crippen molar-refractivity contribution in [3.8, 4) is 11.3 Å². The molecule has 3 aromatic rings. The molecule has 3 aromatic heterocycles. The lowest BCUT2D eigenvalue weighted by molar-refractivity contribution is 0.0935. The van der Waals surface area contributed by atoms with Crippen molar-refractivity contribution >= 4 is 28.8 Å². The standard InChI is InChI=1S/C16H13ClN4OS/c1-10(19-15(22)12-3-2-4-14(17)20-12)16-21-13(9-23-16)11-5-7-18-8-6-11/h2-10H,1H3,(H,19,22)/t10-/m1/s1. The van der Waals surface area contributed by atoms with Crippen molar-refractivity contribution < 1.29 is 4.79 Å². The first kappa shape index (κ1) is 15.6. The largest absolute Gasteiger partial charge is 0.342 e. The van der Waals surface area contributed by atoms with E-state index in [-0.39, 0.29) is 17.6 Å². The third-order valence-electron chi connectivity index (χ3n) is 3.16. The highest BCUT2D eigenvalue weighted by atomic mass is 35.5. The first-order chi connectivity index (χ1) is 11.1. The van der Waals surface area contributed by atoms with E-state index in [0.717, 1.165) is 16.3 Å². The first-order valence-electron chi connectivity index (χ1n) is 6.93. The van der Waals surface area contributed by atoms with Gasteiger partial charge in [0.05, 0.1) is 11.7 Å². The molecular weight excluding hydrogens is 332 g/mol. The second-order valence-corrected chi connectivity index (χ2v) is 6.12. The van der Waals surface area contributed by atoms with Crippen molar-refractivity contribution in [3.05, 3.63) is 64.0 Å². The number of hydrogen-bond donors (Lipinski definition) is 1. The molecule has 0 saturated carbocycles. The monoisotopic (exact) mass is 344 g/mol. The van der Waals surface area contributed by atoms with E-state index in [2.05, 4.69) is 20.3 Å². The summed E-state index contributed by atoms with van der Waals surface area (Å²) in [5.74, 6) is -0.277. The van der Waals surface area contributed by atoms with Gasteiger partial charge in [-0.05, 0) is 31.2 Å². The van der Waals surface area contributed by atoms with E-state index < -0.39 is 0 Å². The molecule has 116 valence electrons. The van der Waals surface area contributed by atoms with Crippen LogP contribution in [0.15, 0.2) is 48.1 Å². The molecule has 0 fully saturated rings. The number of carbonyl (C=O) groups excluding carboxylic acids is 1. The predicted molar refractivity (Wildman–Crippen MR) is 90.5 cm³/mol. The summed E-state index contributed by atoms with van der Waals surface area (Å²) in [6, 6.07) is 8.53. The summed E-state index contributed by atoms with van der Waals surface area (Å²) >= 11 is 7.31. The molecule has 0 unspecified atom stereocenters. The number of nitrogens with zero attached hydrogens (tertiary/aromatic N) is 3. The topological polar surface area (TPSA) is 67.8 Å². The minimum atomic E-state index is -0.277. The summed E-state index contributed by atoms with van der Waals surface area (Å²) in [4.78, 5) is 24.8. The Labute approximate surface area is 142 Å². The van der Waals surface area contributed by atoms with Crippen LogP contribution < -0.4 is 5.32 Å². The van der Waals surface area contributed by atoms with Gasteiger partial charge in [0.2, 0.25) is 0 Å². The zero-order valence-corrected chi connectivity index (χ0v) is 13.8. The van der Waals surface area contributed by atoms with Crippen LogP contribution in [0.4, 0.5) is 0 Å². The Hall–Kier alpha value is -2.31. The Balaban J connectivity index is 1.73. The molecule has 0 spiro atoms. The maximum Gasteiger partial charge on any atom is 0.270 e. The second kappa shape index (κ2) is 6.85. The maximum absolute atomic E-state index is 12.2. The maximum atomic E-state index is 12.2. The molecule has 0 aromatic carbocycles. The average molecular weight is 345 g/mol. The number of thiazole rings is 1. The van der Waals surface area contributed by atoms with Crippen LogP contribution in [0.3, 0.4) is 0 Å². The Bertz CT molecular complexity index is 822. The Morgan fingerprint density at radius 2 is 2.00 bits per heavy atom. The lowest BCUT2D eigenvalue weighted by atomic mass is 10.2. The second-order valence-electron chi connectivity index (χ2n) is 4.85. The molecule has 23 heavy (non-hydrogen) atoms. The van der Waals surface area contributed by atoms with Crippen molar-refractivity contribution in [2.45, 2.75) is 13.0 Å². The molecule has 0 aliphatic carbocycles. The van der Waals surface area contributed by atoms with Gasteiger partial charge in [-0.1, -0.05) is 17.7 Å². The van der Waals surface area contributed by atoms with Gasteiger partial charge in [-0.3, -0.25) is 9.78 Å². The lowest BCUT2D eigenvalue weighted by Gasteiger charge is -2.10. The van der Waals surface area contributed by atoms with E-state index in [0.29, 0.717) is 5.15 Å². The van der Waals surface area contributed by atoms with Gasteiger partial charge in [-0.15, -0.1) is 11.3 Å². The fourth-order valence-electron chi connectivity index (χ4n) is 2.01. The van der Waals surface area contributed by atoms with Gasteiger partial charge in [-0.2, -0.15) is 0 Å². The molecule has 7 heteroatoms. The number of hydrogen-bond acceptors (Lipinski definition) is 5. The van der Waals surface area contributed by atoms with E-state index in [4.69, 9.17) is 11.6 Å². The molecule has 1 N–H and O–H groups in total. The summed E-state index contributed by atoms with van der Waals surface area (Å²) in [6.07, 6.45) is 3.45. The number of nitrogens with one attached hydrogen (secondary N) is 1. The number of pyridine rings is 2. The summed E-state index contributed by atoms with van der Waals surface area (Å²) in [7, 11) is 0. The number of amides is 1. The Kier molecular flexibility index (Phi) is 4.64. The number of halogens is 1. The van der Waals surface area contributed by atoms with Gasteiger partial charge in [0.15, 0.2) is 0 Å². The highest BCUT2D eigenvalue weighted by Gasteiger charge is 2.16. The van der Waals surface area contributed by atoms with E-state index in [1.165, 1.54) is 11.3 Å². The average Bonchev–Trinajstić information content (AvgIpc) is 3.06. The van der Waals surface area contributed by atoms with Crippen LogP contribution in [0.25, 0.3) is 11.3 Å². The number of aromatic nitrogens is 3. The van der Waals surface area contributed by atoms with E-state index in [9.17, 15) is 4.79 Å². The van der Waals surface area contributed by atoms with Gasteiger partial charge in [0.1, 0.15) is 15.9 Å². The first-order valence-corrected chi connectivity index (χ1v) is 8.18. The van der Waals surface area contributed by atoms with Crippen LogP contribution in [0.1, 0.15) is 28.5 Å². The molecule has 0 aliphatic rings. The van der Waals surface area contributed by atoms with Crippen molar-refractivity contribution in [2.75, 3.05) is 0 Å². The van der Waals surface area contributed by atoms with E-state index >= 15 is 0 Å². The smallest absolute Gasteiger partial charge is 0.270 e. The van der Waals surface area contributed by atoms with Crippen molar-refractivity contribution in [1.82, 2.24) is 20.3 Å². The predicted octanol–water partition coefficient (Wildman–Crippen LogP) is 3.74. The minimum Gasteiger partial charge on any atom is -0.342 e. The Morgan fingerprint density at radius 1 is 1.22 bits per heavy atom. The molecule has 0 radical (unpaired) electrons. The fourth-order valence-corrected chi connectivity index (χ4v) is 3.01. The lowest BCUT2D eigenvalue weighted by Crippen LogP contribution is -2.27. The van der Waals surface area contributed by atoms with Crippen LogP contribution in [0.2, 0.25) is 5.15 Å². The van der Waals surface area contributed by atoms with Crippen LogP contribution >= 0.6 is 22.9 Å². The molecule has 3 rings (SSSR count). The molecular formula is C16H13ClN4OS. The highest BCUT2D eigenvalue weighted by molar-refractivity contribution is 7.10. The number of carbonyl (C=O) groups is 1. The summed E-state index contributed by atoms with van der Waals surface area (Å²) < 4.78 is 0. The minimum absolute atomic E-state index is 0.219. The van der Waals surface area contributed by atoms with Gasteiger partial charge < -0.3 is 5.32 Å². The van der Waals surface area contributed by atoms with Gasteiger partial charge in [0.25, 0.3) is 5.91 Å². The molecule has 1 amide bonds. The molecule has 0 bridgehead atoms. The van der Waals surface area contributed by atoms with Crippen molar-refractivity contribution in [3.63, 3.8) is 0 Å². The zero-order chi connectivity index (χ0) is 16.2. The van der Waals surface area contributed by atoms with Gasteiger partial charge in [0, 0.05) is 23.3 Å². The molecule has 1 atom stereocenters. The summed E-state index contributed by atoms with van der Waals surface area (Å²) in [6.45, 7) is 1.89. The molecule has 5 nitrogen and oxygen atoms in total. The summed E-state index contributed by atoms with van der Waals surface area (Å²) in [5, 5.41) is 5.96. The highest BCUT2D eigenvalue weighted by Crippen LogP contribution is 2.25. The number of rotatable bonds is 4. The van der Waals surface area contributed by atoms with Crippen LogP contribution in [0, 0.1) is 0 Å². The molecule has 0 saturated heterocycles. The normalized spacial score (nSPS) is 11.9. The summed E-state index contributed by atoms with van der Waals surface area (Å²) in [5.41, 5.74) is 2.15. The SMILES string of the molecule is C[C@@H](NC(=O)c1cccc(Cl)n1)c1nc(-c2ccncc2)cs1. The fraction of sp³-hybridized carbons (Fsp3) is 0.125. The van der Waals surface area contributed by atoms with Crippen LogP contribution in [0.5, 0.6) is 0 Å². The van der Waals surface area contributed by atoms with Crippen molar-refractivity contribution in [1.29, 1.82) is 0 Å². The molecule has 0 aliphatic heterocycles. The van der Waals surface area contributed by atoms with E-state index in [1.54, 1.807) is 30.6 Å². The Morgan fingerprint density at radius 3 is 2.74 bits per heavy atom. The third kappa shape index (κ3) is 3.72. The van der Waals surface area contributed by atoms with Gasteiger partial charge in [-0.25, -0.2) is 9.97 Å². The van der Waals surface area contributed by atoms with E-state index in [1.807, 2.05) is 24.4 Å². The van der Waals surface area contributed by atoms with Gasteiger partial charge >= 0.3 is 0 Å². The quantitative estimate of drug-likeness (QED) is 0.732. The zero-order valence-electron chi connectivity index (χ0n) is 12.2. The molecule has 3 heterocycles.